The van der Waals surface area contributed by atoms with Crippen LogP contribution in [0.15, 0.2) is 30.5 Å². The number of aromatic amines is 1. The number of hydrogen-bond donors (Lipinski definition) is 2. The maximum Gasteiger partial charge on any atom is 0.416 e. The quantitative estimate of drug-likeness (QED) is 0.662. The van der Waals surface area contributed by atoms with E-state index >= 15 is 0 Å². The molecule has 0 aliphatic carbocycles. The Hall–Kier alpha value is -3.34. The van der Waals surface area contributed by atoms with Gasteiger partial charge in [0.2, 0.25) is 0 Å². The van der Waals surface area contributed by atoms with E-state index in [-0.39, 0.29) is 18.7 Å². The monoisotopic (exact) mass is 433 g/mol. The molecule has 1 atom stereocenters. The third kappa shape index (κ3) is 3.65. The summed E-state index contributed by atoms with van der Waals surface area (Å²) in [5.74, 6) is -0.0400. The molecule has 2 aliphatic heterocycles. The minimum Gasteiger partial charge on any atom is -0.491 e. The fourth-order valence-corrected chi connectivity index (χ4v) is 3.90. The van der Waals surface area contributed by atoms with Crippen molar-refractivity contribution in [3.05, 3.63) is 53.0 Å². The van der Waals surface area contributed by atoms with Crippen LogP contribution >= 0.6 is 0 Å². The largest absolute Gasteiger partial charge is 0.491 e. The van der Waals surface area contributed by atoms with E-state index < -0.39 is 23.7 Å². The molecule has 0 bridgehead atoms. The summed E-state index contributed by atoms with van der Waals surface area (Å²) in [6.07, 6.45) is -2.64. The summed E-state index contributed by atoms with van der Waals surface area (Å²) in [6.45, 7) is 1.48. The van der Waals surface area contributed by atoms with E-state index in [1.807, 2.05) is 0 Å². The molecule has 2 N–H and O–H groups in total. The van der Waals surface area contributed by atoms with Crippen LogP contribution < -0.4 is 10.1 Å². The summed E-state index contributed by atoms with van der Waals surface area (Å²) < 4.78 is 51.9. The van der Waals surface area contributed by atoms with Gasteiger partial charge in [-0.25, -0.2) is 0 Å². The molecule has 162 valence electrons. The van der Waals surface area contributed by atoms with Crippen molar-refractivity contribution in [2.45, 2.75) is 31.8 Å². The Morgan fingerprint density at radius 2 is 2.16 bits per heavy atom. The van der Waals surface area contributed by atoms with E-state index in [9.17, 15) is 18.0 Å². The Morgan fingerprint density at radius 3 is 2.94 bits per heavy atom. The standard InChI is InChI=1S/C20H18F3N5O3/c21-20(22,23)12-1-2-16-11(7-12)8-13(9-31-16)25-19(29)18-17(14-3-4-24-26-14)15-10-30-6-5-28(15)27-18/h1-4,7,13H,5-6,8-10H2,(H,24,26)(H,25,29)/t13-/m1/s1. The lowest BCUT2D eigenvalue weighted by Crippen LogP contribution is -2.43. The number of rotatable bonds is 3. The second kappa shape index (κ2) is 7.41. The van der Waals surface area contributed by atoms with Gasteiger partial charge in [0.25, 0.3) is 5.91 Å². The predicted octanol–water partition coefficient (Wildman–Crippen LogP) is 2.56. The molecule has 0 saturated heterocycles. The highest BCUT2D eigenvalue weighted by atomic mass is 19.4. The number of nitrogens with zero attached hydrogens (tertiary/aromatic N) is 3. The zero-order chi connectivity index (χ0) is 21.6. The number of carbonyl (C=O) groups is 1. The number of H-pyrrole nitrogens is 1. The maximum atomic E-state index is 13.1. The van der Waals surface area contributed by atoms with E-state index in [1.54, 1.807) is 16.9 Å². The zero-order valence-electron chi connectivity index (χ0n) is 16.2. The number of hydrogen-bond acceptors (Lipinski definition) is 5. The van der Waals surface area contributed by atoms with Crippen molar-refractivity contribution in [1.82, 2.24) is 25.3 Å². The Morgan fingerprint density at radius 1 is 1.29 bits per heavy atom. The van der Waals surface area contributed by atoms with Crippen LogP contribution in [0, 0.1) is 0 Å². The number of halogens is 3. The Kier molecular flexibility index (Phi) is 4.69. The van der Waals surface area contributed by atoms with Crippen molar-refractivity contribution in [2.24, 2.45) is 0 Å². The normalized spacial score (nSPS) is 18.1. The van der Waals surface area contributed by atoms with Crippen LogP contribution in [0.4, 0.5) is 13.2 Å². The Balaban J connectivity index is 1.40. The van der Waals surface area contributed by atoms with Crippen LogP contribution in [0.1, 0.15) is 27.3 Å². The molecule has 8 nitrogen and oxygen atoms in total. The van der Waals surface area contributed by atoms with Gasteiger partial charge in [0.1, 0.15) is 12.4 Å². The first-order chi connectivity index (χ1) is 14.9. The van der Waals surface area contributed by atoms with Crippen LogP contribution in [-0.4, -0.2) is 45.1 Å². The lowest BCUT2D eigenvalue weighted by atomic mass is 9.99. The molecular formula is C20H18F3N5O3. The van der Waals surface area contributed by atoms with Crippen molar-refractivity contribution < 1.29 is 27.4 Å². The first kappa shape index (κ1) is 19.6. The molecular weight excluding hydrogens is 415 g/mol. The van der Waals surface area contributed by atoms with Crippen LogP contribution in [0.2, 0.25) is 0 Å². The van der Waals surface area contributed by atoms with Crippen LogP contribution in [0.3, 0.4) is 0 Å². The second-order valence-electron chi connectivity index (χ2n) is 7.42. The van der Waals surface area contributed by atoms with Crippen molar-refractivity contribution in [3.63, 3.8) is 0 Å². The molecule has 1 aromatic carbocycles. The number of aromatic nitrogens is 4. The average molecular weight is 433 g/mol. The molecule has 1 amide bonds. The van der Waals surface area contributed by atoms with E-state index in [0.717, 1.165) is 17.8 Å². The molecule has 5 rings (SSSR count). The second-order valence-corrected chi connectivity index (χ2v) is 7.42. The molecule has 3 aromatic rings. The lowest BCUT2D eigenvalue weighted by Gasteiger charge is -2.26. The number of amides is 1. The van der Waals surface area contributed by atoms with Gasteiger partial charge in [-0.15, -0.1) is 0 Å². The predicted molar refractivity (Wildman–Crippen MR) is 101 cm³/mol. The lowest BCUT2D eigenvalue weighted by molar-refractivity contribution is -0.137. The first-order valence-corrected chi connectivity index (χ1v) is 9.71. The van der Waals surface area contributed by atoms with Gasteiger partial charge in [0, 0.05) is 6.20 Å². The van der Waals surface area contributed by atoms with Crippen molar-refractivity contribution in [1.29, 1.82) is 0 Å². The first-order valence-electron chi connectivity index (χ1n) is 9.71. The third-order valence-corrected chi connectivity index (χ3v) is 5.36. The molecule has 2 aliphatic rings. The van der Waals surface area contributed by atoms with Gasteiger partial charge in [0.15, 0.2) is 5.69 Å². The molecule has 0 unspecified atom stereocenters. The fraction of sp³-hybridized carbons (Fsp3) is 0.350. The topological polar surface area (TPSA) is 94.1 Å². The summed E-state index contributed by atoms with van der Waals surface area (Å²) in [5, 5.41) is 14.1. The highest BCUT2D eigenvalue weighted by Gasteiger charge is 2.33. The molecule has 0 radical (unpaired) electrons. The van der Waals surface area contributed by atoms with Crippen LogP contribution in [0.25, 0.3) is 11.3 Å². The van der Waals surface area contributed by atoms with Gasteiger partial charge in [-0.05, 0) is 36.2 Å². The van der Waals surface area contributed by atoms with Crippen LogP contribution in [-0.2, 0) is 30.5 Å². The van der Waals surface area contributed by atoms with Gasteiger partial charge in [0.05, 0.1) is 48.3 Å². The number of benzene rings is 1. The van der Waals surface area contributed by atoms with Gasteiger partial charge < -0.3 is 14.8 Å². The molecule has 0 saturated carbocycles. The van der Waals surface area contributed by atoms with E-state index in [0.29, 0.717) is 42.3 Å². The molecule has 4 heterocycles. The number of carbonyl (C=O) groups excluding carboxylic acids is 1. The third-order valence-electron chi connectivity index (χ3n) is 5.36. The Labute approximate surface area is 174 Å². The van der Waals surface area contributed by atoms with Gasteiger partial charge in [-0.2, -0.15) is 23.4 Å². The van der Waals surface area contributed by atoms with Crippen LogP contribution in [0.5, 0.6) is 5.75 Å². The summed E-state index contributed by atoms with van der Waals surface area (Å²) in [5.41, 5.74) is 1.87. The number of alkyl halides is 3. The number of ether oxygens (including phenoxy) is 2. The summed E-state index contributed by atoms with van der Waals surface area (Å²) >= 11 is 0. The average Bonchev–Trinajstić information content (AvgIpc) is 3.40. The van der Waals surface area contributed by atoms with Gasteiger partial charge in [-0.1, -0.05) is 0 Å². The zero-order valence-corrected chi connectivity index (χ0v) is 16.2. The fourth-order valence-electron chi connectivity index (χ4n) is 3.90. The highest BCUT2D eigenvalue weighted by molar-refractivity contribution is 5.99. The molecule has 31 heavy (non-hydrogen) atoms. The number of nitrogens with one attached hydrogen (secondary N) is 2. The van der Waals surface area contributed by atoms with Crippen molar-refractivity contribution >= 4 is 5.91 Å². The van der Waals surface area contributed by atoms with Gasteiger partial charge >= 0.3 is 6.18 Å². The SMILES string of the molecule is O=C(N[C@H]1COc2ccc(C(F)(F)F)cc2C1)c1nn2c(c1-c1ccn[nH]1)COCC2. The van der Waals surface area contributed by atoms with Gasteiger partial charge in [-0.3, -0.25) is 14.6 Å². The minimum atomic E-state index is -4.44. The Bertz CT molecular complexity index is 1120. The molecule has 2 aromatic heterocycles. The van der Waals surface area contributed by atoms with E-state index in [2.05, 4.69) is 20.6 Å². The number of fused-ring (bicyclic) bond motifs is 2. The highest BCUT2D eigenvalue weighted by Crippen LogP contribution is 2.34. The summed E-state index contributed by atoms with van der Waals surface area (Å²) in [4.78, 5) is 13.1. The minimum absolute atomic E-state index is 0.153. The summed E-state index contributed by atoms with van der Waals surface area (Å²) in [6, 6.07) is 4.62. The van der Waals surface area contributed by atoms with Crippen molar-refractivity contribution in [3.8, 4) is 17.0 Å². The molecule has 11 heteroatoms. The molecule has 0 spiro atoms. The molecule has 0 fully saturated rings. The van der Waals surface area contributed by atoms with Crippen molar-refractivity contribution in [2.75, 3.05) is 13.2 Å². The van der Waals surface area contributed by atoms with E-state index in [1.165, 1.54) is 6.07 Å². The summed E-state index contributed by atoms with van der Waals surface area (Å²) in [7, 11) is 0. The maximum absolute atomic E-state index is 13.1. The smallest absolute Gasteiger partial charge is 0.416 e. The van der Waals surface area contributed by atoms with E-state index in [4.69, 9.17) is 9.47 Å².